The minimum atomic E-state index is -3.68. The van der Waals surface area contributed by atoms with Gasteiger partial charge in [-0.05, 0) is 53.9 Å². The van der Waals surface area contributed by atoms with E-state index in [1.807, 2.05) is 31.2 Å². The maximum atomic E-state index is 11.3. The van der Waals surface area contributed by atoms with Crippen LogP contribution in [0.5, 0.6) is 5.88 Å². The molecular weight excluding hydrogens is 312 g/mol. The molecule has 3 aromatic rings. The lowest BCUT2D eigenvalue weighted by molar-refractivity contribution is 0.399. The van der Waals surface area contributed by atoms with Gasteiger partial charge in [0.25, 0.3) is 0 Å². The number of pyridine rings is 1. The van der Waals surface area contributed by atoms with Gasteiger partial charge in [-0.15, -0.1) is 0 Å². The maximum absolute atomic E-state index is 11.3. The Balaban J connectivity index is 2.10. The predicted octanol–water partition coefficient (Wildman–Crippen LogP) is 2.87. The number of hydrogen-bond donors (Lipinski definition) is 1. The number of aryl methyl sites for hydroxylation is 1. The average molecular weight is 328 g/mol. The van der Waals surface area contributed by atoms with Crippen LogP contribution < -0.4 is 9.88 Å². The first kappa shape index (κ1) is 15.5. The van der Waals surface area contributed by atoms with Crippen molar-refractivity contribution in [3.8, 4) is 17.0 Å². The van der Waals surface area contributed by atoms with Crippen molar-refractivity contribution in [3.05, 3.63) is 54.1 Å². The van der Waals surface area contributed by atoms with E-state index in [1.165, 1.54) is 12.1 Å². The molecule has 3 rings (SSSR count). The Morgan fingerprint density at radius 3 is 2.30 bits per heavy atom. The number of benzene rings is 2. The summed E-state index contributed by atoms with van der Waals surface area (Å²) in [6.07, 6.45) is 0. The summed E-state index contributed by atoms with van der Waals surface area (Å²) in [5.74, 6) is 0.575. The van der Waals surface area contributed by atoms with Crippen LogP contribution in [0.2, 0.25) is 0 Å². The second kappa shape index (κ2) is 5.64. The van der Waals surface area contributed by atoms with Crippen LogP contribution in [-0.4, -0.2) is 20.5 Å². The van der Waals surface area contributed by atoms with E-state index >= 15 is 0 Å². The van der Waals surface area contributed by atoms with Crippen molar-refractivity contribution in [2.45, 2.75) is 11.8 Å². The molecule has 0 aliphatic carbocycles. The number of primary sulfonamides is 1. The molecule has 2 N–H and O–H groups in total. The van der Waals surface area contributed by atoms with Crippen molar-refractivity contribution >= 4 is 20.9 Å². The molecule has 0 amide bonds. The second-order valence-corrected chi connectivity index (χ2v) is 6.85. The Labute approximate surface area is 134 Å². The van der Waals surface area contributed by atoms with Gasteiger partial charge in [0, 0.05) is 11.5 Å². The van der Waals surface area contributed by atoms with Crippen LogP contribution in [0, 0.1) is 6.92 Å². The van der Waals surface area contributed by atoms with E-state index in [2.05, 4.69) is 4.98 Å². The minimum Gasteiger partial charge on any atom is -0.481 e. The Morgan fingerprint density at radius 1 is 1.00 bits per heavy atom. The molecule has 0 radical (unpaired) electrons. The molecule has 0 bridgehead atoms. The monoisotopic (exact) mass is 328 g/mol. The molecule has 0 aliphatic rings. The highest BCUT2D eigenvalue weighted by Gasteiger charge is 2.09. The molecule has 2 aromatic carbocycles. The maximum Gasteiger partial charge on any atom is 0.238 e. The Morgan fingerprint density at radius 2 is 1.70 bits per heavy atom. The summed E-state index contributed by atoms with van der Waals surface area (Å²) in [5.41, 5.74) is 3.81. The molecule has 5 nitrogen and oxygen atoms in total. The van der Waals surface area contributed by atoms with Crippen molar-refractivity contribution in [1.82, 2.24) is 4.98 Å². The molecular formula is C17H16N2O3S. The van der Waals surface area contributed by atoms with Gasteiger partial charge in [-0.25, -0.2) is 18.5 Å². The molecule has 0 saturated heterocycles. The summed E-state index contributed by atoms with van der Waals surface area (Å²) < 4.78 is 27.8. The third-order valence-electron chi connectivity index (χ3n) is 3.68. The lowest BCUT2D eigenvalue weighted by Gasteiger charge is -2.09. The van der Waals surface area contributed by atoms with Gasteiger partial charge in [0.2, 0.25) is 15.9 Å². The summed E-state index contributed by atoms with van der Waals surface area (Å²) in [6.45, 7) is 1.98. The number of aromatic nitrogens is 1. The topological polar surface area (TPSA) is 82.3 Å². The Bertz CT molecular complexity index is 981. The number of ether oxygens (including phenoxy) is 1. The lowest BCUT2D eigenvalue weighted by Crippen LogP contribution is -2.11. The zero-order chi connectivity index (χ0) is 16.6. The Hall–Kier alpha value is -2.44. The largest absolute Gasteiger partial charge is 0.481 e. The highest BCUT2D eigenvalue weighted by Crippen LogP contribution is 2.28. The Kier molecular flexibility index (Phi) is 3.79. The van der Waals surface area contributed by atoms with Crippen LogP contribution in [0.3, 0.4) is 0 Å². The molecule has 1 aromatic heterocycles. The third-order valence-corrected chi connectivity index (χ3v) is 4.61. The van der Waals surface area contributed by atoms with Gasteiger partial charge in [-0.1, -0.05) is 12.1 Å². The molecule has 0 aliphatic heterocycles. The van der Waals surface area contributed by atoms with E-state index < -0.39 is 10.0 Å². The summed E-state index contributed by atoms with van der Waals surface area (Å²) in [6, 6.07) is 14.3. The van der Waals surface area contributed by atoms with Crippen molar-refractivity contribution in [2.75, 3.05) is 7.11 Å². The van der Waals surface area contributed by atoms with E-state index in [4.69, 9.17) is 9.88 Å². The first-order valence-corrected chi connectivity index (χ1v) is 8.52. The van der Waals surface area contributed by atoms with Gasteiger partial charge < -0.3 is 4.74 Å². The molecule has 0 fully saturated rings. The number of hydrogen-bond acceptors (Lipinski definition) is 4. The normalized spacial score (nSPS) is 11.6. The molecule has 6 heteroatoms. The van der Waals surface area contributed by atoms with Crippen LogP contribution in [0.4, 0.5) is 0 Å². The summed E-state index contributed by atoms with van der Waals surface area (Å²) in [5, 5.41) is 6.12. The van der Waals surface area contributed by atoms with E-state index in [1.54, 1.807) is 19.2 Å². The first-order chi connectivity index (χ1) is 10.9. The first-order valence-electron chi connectivity index (χ1n) is 6.97. The molecule has 0 spiro atoms. The summed E-state index contributed by atoms with van der Waals surface area (Å²) >= 11 is 0. The second-order valence-electron chi connectivity index (χ2n) is 5.29. The van der Waals surface area contributed by atoms with Crippen molar-refractivity contribution in [2.24, 2.45) is 5.14 Å². The van der Waals surface area contributed by atoms with Crippen LogP contribution >= 0.6 is 0 Å². The van der Waals surface area contributed by atoms with E-state index in [0.29, 0.717) is 5.88 Å². The van der Waals surface area contributed by atoms with Gasteiger partial charge in [0.15, 0.2) is 0 Å². The lowest BCUT2D eigenvalue weighted by atomic mass is 10.0. The molecule has 0 saturated carbocycles. The number of nitrogens with two attached hydrogens (primary N) is 1. The number of rotatable bonds is 3. The van der Waals surface area contributed by atoms with Crippen LogP contribution in [0.1, 0.15) is 5.56 Å². The van der Waals surface area contributed by atoms with E-state index in [-0.39, 0.29) is 4.90 Å². The molecule has 1 heterocycles. The summed E-state index contributed by atoms with van der Waals surface area (Å²) in [4.78, 5) is 4.56. The quantitative estimate of drug-likeness (QED) is 0.801. The molecule has 0 unspecified atom stereocenters. The summed E-state index contributed by atoms with van der Waals surface area (Å²) in [7, 11) is -2.09. The fraction of sp³-hybridized carbons (Fsp3) is 0.118. The standard InChI is InChI=1S/C17H16N2O3S/c1-11-9-14(10-13-5-8-16(22-2)19-17(11)13)12-3-6-15(7-4-12)23(18,20)21/h3-10H,1-2H3,(H2,18,20,21). The minimum absolute atomic E-state index is 0.102. The highest BCUT2D eigenvalue weighted by atomic mass is 32.2. The molecule has 0 atom stereocenters. The van der Waals surface area contributed by atoms with Gasteiger partial charge in [0.1, 0.15) is 0 Å². The third kappa shape index (κ3) is 3.04. The van der Waals surface area contributed by atoms with Gasteiger partial charge in [-0.3, -0.25) is 0 Å². The number of methoxy groups -OCH3 is 1. The van der Waals surface area contributed by atoms with Crippen LogP contribution in [-0.2, 0) is 10.0 Å². The SMILES string of the molecule is COc1ccc2cc(-c3ccc(S(N)(=O)=O)cc3)cc(C)c2n1. The van der Waals surface area contributed by atoms with Crippen LogP contribution in [0.25, 0.3) is 22.0 Å². The van der Waals surface area contributed by atoms with Gasteiger partial charge in [-0.2, -0.15) is 0 Å². The van der Waals surface area contributed by atoms with Gasteiger partial charge >= 0.3 is 0 Å². The van der Waals surface area contributed by atoms with Crippen molar-refractivity contribution < 1.29 is 13.2 Å². The smallest absolute Gasteiger partial charge is 0.238 e. The predicted molar refractivity (Wildman–Crippen MR) is 89.8 cm³/mol. The number of sulfonamides is 1. The van der Waals surface area contributed by atoms with Crippen LogP contribution in [0.15, 0.2) is 53.4 Å². The fourth-order valence-electron chi connectivity index (χ4n) is 2.51. The fourth-order valence-corrected chi connectivity index (χ4v) is 3.03. The van der Waals surface area contributed by atoms with Gasteiger partial charge in [0.05, 0.1) is 17.5 Å². The zero-order valence-electron chi connectivity index (χ0n) is 12.8. The molecule has 23 heavy (non-hydrogen) atoms. The van der Waals surface area contributed by atoms with E-state index in [0.717, 1.165) is 27.6 Å². The van der Waals surface area contributed by atoms with E-state index in [9.17, 15) is 8.42 Å². The zero-order valence-corrected chi connectivity index (χ0v) is 13.6. The molecule has 118 valence electrons. The van der Waals surface area contributed by atoms with Crippen molar-refractivity contribution in [3.63, 3.8) is 0 Å². The highest BCUT2D eigenvalue weighted by molar-refractivity contribution is 7.89. The average Bonchev–Trinajstić information content (AvgIpc) is 2.54. The number of fused-ring (bicyclic) bond motifs is 1. The van der Waals surface area contributed by atoms with Crippen molar-refractivity contribution in [1.29, 1.82) is 0 Å². The number of nitrogens with zero attached hydrogens (tertiary/aromatic N) is 1.